The zero-order valence-electron chi connectivity index (χ0n) is 18.8. The molecule has 1 amide bonds. The fourth-order valence-electron chi connectivity index (χ4n) is 5.27. The van der Waals surface area contributed by atoms with Crippen molar-refractivity contribution in [1.29, 1.82) is 0 Å². The van der Waals surface area contributed by atoms with Gasteiger partial charge in [0.15, 0.2) is 5.82 Å². The largest absolute Gasteiger partial charge is 0.417 e. The second kappa shape index (κ2) is 9.39. The van der Waals surface area contributed by atoms with Gasteiger partial charge in [0.05, 0.1) is 29.5 Å². The van der Waals surface area contributed by atoms with E-state index in [1.165, 1.54) is 6.07 Å². The summed E-state index contributed by atoms with van der Waals surface area (Å²) >= 11 is 5.74. The number of anilines is 1. The molecule has 0 N–H and O–H groups in total. The zero-order valence-corrected chi connectivity index (χ0v) is 19.6. The van der Waals surface area contributed by atoms with Crippen LogP contribution in [0.5, 0.6) is 0 Å². The topological polar surface area (TPSA) is 52.6 Å². The van der Waals surface area contributed by atoms with E-state index >= 15 is 0 Å². The first kappa shape index (κ1) is 24.0. The Morgan fingerprint density at radius 2 is 1.80 bits per heavy atom. The van der Waals surface area contributed by atoms with Crippen molar-refractivity contribution in [2.75, 3.05) is 37.6 Å². The number of aromatic nitrogens is 2. The summed E-state index contributed by atoms with van der Waals surface area (Å²) in [4.78, 5) is 27.3. The second-order valence-electron chi connectivity index (χ2n) is 9.20. The van der Waals surface area contributed by atoms with Gasteiger partial charge in [-0.05, 0) is 42.5 Å². The fraction of sp³-hybridized carbons (Fsp3) is 0.458. The molecule has 11 heteroatoms. The third kappa shape index (κ3) is 4.99. The number of benzene rings is 1. The number of carbonyl (C=O) groups excluding carboxylic acids is 1. The summed E-state index contributed by atoms with van der Waals surface area (Å²) < 4.78 is 52.8. The van der Waals surface area contributed by atoms with Crippen LogP contribution >= 0.6 is 11.6 Å². The number of carbonyl (C=O) groups is 1. The lowest BCUT2D eigenvalue weighted by molar-refractivity contribution is -0.137. The highest BCUT2D eigenvalue weighted by molar-refractivity contribution is 6.31. The molecule has 35 heavy (non-hydrogen) atoms. The maximum absolute atomic E-state index is 13.2. The molecule has 4 heterocycles. The van der Waals surface area contributed by atoms with Crippen molar-refractivity contribution in [2.24, 2.45) is 0 Å². The van der Waals surface area contributed by atoms with Crippen molar-refractivity contribution in [3.63, 3.8) is 0 Å². The first-order chi connectivity index (χ1) is 16.7. The lowest BCUT2D eigenvalue weighted by Gasteiger charge is -2.42. The van der Waals surface area contributed by atoms with E-state index in [0.717, 1.165) is 36.9 Å². The molecule has 0 saturated carbocycles. The predicted molar refractivity (Wildman–Crippen MR) is 123 cm³/mol. The van der Waals surface area contributed by atoms with Gasteiger partial charge in [0.1, 0.15) is 0 Å². The minimum Gasteiger partial charge on any atom is -0.337 e. The minimum atomic E-state index is -4.51. The smallest absolute Gasteiger partial charge is 0.337 e. The Bertz CT molecular complexity index is 1130. The summed E-state index contributed by atoms with van der Waals surface area (Å²) in [5.74, 6) is 0.0426. The Morgan fingerprint density at radius 1 is 1.11 bits per heavy atom. The average Bonchev–Trinajstić information content (AvgIpc) is 3.09. The van der Waals surface area contributed by atoms with Gasteiger partial charge in [-0.15, -0.1) is 0 Å². The Kier molecular flexibility index (Phi) is 6.43. The molecule has 186 valence electrons. The van der Waals surface area contributed by atoms with Gasteiger partial charge in [0.25, 0.3) is 0 Å². The van der Waals surface area contributed by atoms with Crippen LogP contribution < -0.4 is 4.90 Å². The molecule has 0 aliphatic carbocycles. The van der Waals surface area contributed by atoms with E-state index in [1.807, 2.05) is 20.8 Å². The standard InChI is InChI=1S/C24H24ClF4N5O/c25-21-4-1-16(9-20(21)24(27,28)29)15-5-7-32(8-6-15)14-22(35)34-18-2-3-19(34)13-33(12-18)23-30-10-17(26)11-31-23/h1,4-5,9-11,18-19H,2-3,6-8,12-14H2. The lowest BCUT2D eigenvalue weighted by atomic mass is 9.97. The Morgan fingerprint density at radius 3 is 2.40 bits per heavy atom. The Hall–Kier alpha value is -2.72. The van der Waals surface area contributed by atoms with Gasteiger partial charge < -0.3 is 9.80 Å². The molecule has 2 fully saturated rings. The van der Waals surface area contributed by atoms with Gasteiger partial charge in [0, 0.05) is 38.3 Å². The number of hydrogen-bond acceptors (Lipinski definition) is 5. The van der Waals surface area contributed by atoms with Crippen molar-refractivity contribution in [3.05, 3.63) is 58.6 Å². The number of alkyl halides is 3. The first-order valence-electron chi connectivity index (χ1n) is 11.5. The summed E-state index contributed by atoms with van der Waals surface area (Å²) in [5, 5.41) is -0.314. The molecular weight excluding hydrogens is 486 g/mol. The lowest BCUT2D eigenvalue weighted by Crippen LogP contribution is -2.58. The van der Waals surface area contributed by atoms with Gasteiger partial charge in [-0.1, -0.05) is 23.7 Å². The van der Waals surface area contributed by atoms with E-state index in [-0.39, 0.29) is 29.6 Å². The predicted octanol–water partition coefficient (Wildman–Crippen LogP) is 4.26. The quantitative estimate of drug-likeness (QED) is 0.577. The highest BCUT2D eigenvalue weighted by Crippen LogP contribution is 2.37. The molecule has 3 aliphatic heterocycles. The van der Waals surface area contributed by atoms with Crippen LogP contribution in [0.25, 0.3) is 5.57 Å². The van der Waals surface area contributed by atoms with Crippen LogP contribution in [0.15, 0.2) is 36.7 Å². The van der Waals surface area contributed by atoms with E-state index in [0.29, 0.717) is 44.1 Å². The number of hydrogen-bond donors (Lipinski definition) is 0. The Balaban J connectivity index is 1.20. The van der Waals surface area contributed by atoms with Crippen LogP contribution in [-0.4, -0.2) is 70.5 Å². The van der Waals surface area contributed by atoms with E-state index in [2.05, 4.69) is 9.97 Å². The van der Waals surface area contributed by atoms with Crippen molar-refractivity contribution < 1.29 is 22.4 Å². The first-order valence-corrected chi connectivity index (χ1v) is 11.9. The number of halogens is 5. The summed E-state index contributed by atoms with van der Waals surface area (Å²) in [7, 11) is 0. The van der Waals surface area contributed by atoms with Gasteiger partial charge in [0.2, 0.25) is 11.9 Å². The maximum atomic E-state index is 13.2. The third-order valence-corrected chi connectivity index (χ3v) is 7.28. The molecule has 2 bridgehead atoms. The highest BCUT2D eigenvalue weighted by atomic mass is 35.5. The van der Waals surface area contributed by atoms with Crippen molar-refractivity contribution in [1.82, 2.24) is 19.8 Å². The van der Waals surface area contributed by atoms with Crippen LogP contribution in [0, 0.1) is 5.82 Å². The summed E-state index contributed by atoms with van der Waals surface area (Å²) in [6, 6.07) is 4.09. The van der Waals surface area contributed by atoms with Gasteiger partial charge in [-0.3, -0.25) is 9.69 Å². The van der Waals surface area contributed by atoms with E-state index < -0.39 is 17.6 Å². The molecule has 2 saturated heterocycles. The molecule has 6 nitrogen and oxygen atoms in total. The number of piperazine rings is 1. The van der Waals surface area contributed by atoms with Crippen molar-refractivity contribution in [2.45, 2.75) is 37.5 Å². The number of rotatable bonds is 4. The van der Waals surface area contributed by atoms with Gasteiger partial charge in [-0.25, -0.2) is 14.4 Å². The molecule has 2 atom stereocenters. The number of amides is 1. The summed E-state index contributed by atoms with van der Waals surface area (Å²) in [5.41, 5.74) is 0.490. The van der Waals surface area contributed by atoms with E-state index in [1.54, 1.807) is 6.07 Å². The monoisotopic (exact) mass is 509 g/mol. The molecule has 1 aromatic carbocycles. The molecule has 1 aromatic heterocycles. The van der Waals surface area contributed by atoms with Gasteiger partial charge in [-0.2, -0.15) is 13.2 Å². The molecular formula is C24H24ClF4N5O. The Labute approximate surface area is 205 Å². The van der Waals surface area contributed by atoms with Crippen molar-refractivity contribution >= 4 is 29.0 Å². The molecule has 0 spiro atoms. The van der Waals surface area contributed by atoms with Gasteiger partial charge >= 0.3 is 6.18 Å². The van der Waals surface area contributed by atoms with Crippen LogP contribution in [0.3, 0.4) is 0 Å². The number of nitrogens with zero attached hydrogens (tertiary/aromatic N) is 5. The normalized spacial score (nSPS) is 22.9. The fourth-order valence-corrected chi connectivity index (χ4v) is 5.50. The third-order valence-electron chi connectivity index (χ3n) is 6.95. The van der Waals surface area contributed by atoms with E-state index in [4.69, 9.17) is 11.6 Å². The summed E-state index contributed by atoms with van der Waals surface area (Å²) in [6.07, 6.45) is 2.02. The van der Waals surface area contributed by atoms with Crippen molar-refractivity contribution in [3.8, 4) is 0 Å². The highest BCUT2D eigenvalue weighted by Gasteiger charge is 2.43. The molecule has 3 aliphatic rings. The molecule has 2 unspecified atom stereocenters. The average molecular weight is 510 g/mol. The maximum Gasteiger partial charge on any atom is 0.417 e. The SMILES string of the molecule is O=C(CN1CC=C(c2ccc(Cl)c(C(F)(F)F)c2)CC1)N1C2CCC1CN(c1ncc(F)cn1)C2. The van der Waals surface area contributed by atoms with Crippen LogP contribution in [0.2, 0.25) is 5.02 Å². The molecule has 0 radical (unpaired) electrons. The van der Waals surface area contributed by atoms with Crippen LogP contribution in [-0.2, 0) is 11.0 Å². The molecule has 5 rings (SSSR count). The zero-order chi connectivity index (χ0) is 24.7. The second-order valence-corrected chi connectivity index (χ2v) is 9.61. The van der Waals surface area contributed by atoms with Crippen LogP contribution in [0.4, 0.5) is 23.5 Å². The van der Waals surface area contributed by atoms with E-state index in [9.17, 15) is 22.4 Å². The summed E-state index contributed by atoms with van der Waals surface area (Å²) in [6.45, 7) is 2.55. The minimum absolute atomic E-state index is 0.0554. The number of fused-ring (bicyclic) bond motifs is 2. The molecule has 2 aromatic rings. The van der Waals surface area contributed by atoms with Crippen LogP contribution in [0.1, 0.15) is 30.4 Å².